The number of hydrogen-bond acceptors (Lipinski definition) is 13. The van der Waals surface area contributed by atoms with Crippen molar-refractivity contribution in [2.45, 2.75) is 33.9 Å². The number of nitrogen functional groups attached to an aromatic ring is 1. The van der Waals surface area contributed by atoms with Crippen molar-refractivity contribution in [3.05, 3.63) is 161 Å². The number of rotatable bonds is 3. The summed E-state index contributed by atoms with van der Waals surface area (Å²) >= 11 is 0. The number of phenolic OH excluding ortho intramolecular Hbond substituents is 1. The van der Waals surface area contributed by atoms with Crippen molar-refractivity contribution in [2.24, 2.45) is 32.0 Å². The Hall–Kier alpha value is -7.66. The normalized spacial score (nSPS) is 10.3. The number of aryl methyl sites for hydroxylation is 6. The molecular formula is C42H45ClN9O9+. The highest BCUT2D eigenvalue weighted by atomic mass is 35.5. The van der Waals surface area contributed by atoms with E-state index in [0.717, 1.165) is 49.9 Å². The molecule has 0 saturated carbocycles. The second-order valence-electron chi connectivity index (χ2n) is 13.5. The zero-order chi connectivity index (χ0) is 43.7. The van der Waals surface area contributed by atoms with E-state index in [0.29, 0.717) is 41.1 Å². The molecule has 19 heteroatoms. The molecule has 0 bridgehead atoms. The van der Waals surface area contributed by atoms with E-state index >= 15 is 0 Å². The first-order chi connectivity index (χ1) is 28.6. The van der Waals surface area contributed by atoms with Crippen molar-refractivity contribution in [3.8, 4) is 5.75 Å². The van der Waals surface area contributed by atoms with Gasteiger partial charge in [-0.25, -0.2) is 19.2 Å². The third kappa shape index (κ3) is 11.5. The zero-order valence-corrected chi connectivity index (χ0v) is 34.9. The molecule has 0 aliphatic carbocycles. The second-order valence-corrected chi connectivity index (χ2v) is 13.5. The fraction of sp³-hybridized carbons (Fsp3) is 0.190. The number of aromatic hydroxyl groups is 1. The maximum atomic E-state index is 11.2. The lowest BCUT2D eigenvalue weighted by Crippen LogP contribution is -2.08. The lowest BCUT2D eigenvalue weighted by molar-refractivity contribution is 0.478. The molecule has 61 heavy (non-hydrogen) atoms. The Morgan fingerprint density at radius 1 is 0.639 bits per heavy atom. The van der Waals surface area contributed by atoms with Crippen LogP contribution in [0.1, 0.15) is 27.8 Å². The molecule has 0 saturated heterocycles. The van der Waals surface area contributed by atoms with Gasteiger partial charge in [-0.1, -0.05) is 30.3 Å². The number of nitrogens with zero attached hydrogens (tertiary/aromatic N) is 5. The molecule has 0 amide bonds. The number of anilines is 1. The fourth-order valence-electron chi connectivity index (χ4n) is 5.66. The highest BCUT2D eigenvalue weighted by Crippen LogP contribution is 2.19. The number of aromatic nitrogens is 4. The van der Waals surface area contributed by atoms with Crippen LogP contribution in [0.5, 0.6) is 5.75 Å². The van der Waals surface area contributed by atoms with Gasteiger partial charge < -0.3 is 34.2 Å². The number of H-pyrrole nitrogens is 1. The van der Waals surface area contributed by atoms with Gasteiger partial charge in [0.05, 0.1) is 27.8 Å². The molecule has 0 atom stereocenters. The monoisotopic (exact) mass is 854 g/mol. The van der Waals surface area contributed by atoms with Crippen molar-refractivity contribution in [2.75, 3.05) is 5.73 Å². The van der Waals surface area contributed by atoms with E-state index in [1.54, 1.807) is 63.6 Å². The molecule has 0 aliphatic heterocycles. The summed E-state index contributed by atoms with van der Waals surface area (Å²) < 4.78 is 24.1. The number of phenols is 1. The summed E-state index contributed by atoms with van der Waals surface area (Å²) in [5.41, 5.74) is 28.5. The van der Waals surface area contributed by atoms with Crippen LogP contribution in [0, 0.1) is 26.3 Å². The van der Waals surface area contributed by atoms with Crippen molar-refractivity contribution in [3.63, 3.8) is 0 Å². The van der Waals surface area contributed by atoms with Gasteiger partial charge in [-0.3, -0.25) is 18.7 Å². The van der Waals surface area contributed by atoms with Crippen LogP contribution in [-0.4, -0.2) is 23.8 Å². The first-order valence-electron chi connectivity index (χ1n) is 18.2. The minimum atomic E-state index is -0.398. The van der Waals surface area contributed by atoms with Gasteiger partial charge in [-0.2, -0.15) is 0 Å². The van der Waals surface area contributed by atoms with Gasteiger partial charge in [0.2, 0.25) is 4.91 Å². The number of benzene rings is 5. The standard InChI is InChI=1S/C9H9N4O2.C9H10N2O2.C9H9NO2.C8H7NO2.C7H9NO.ClH/c1-13-7-4-6(5-11-12-10)2-3-8(7)15-9(13)14;1-11-7-4-6(5-10)2-3-8(7)13-9(11)12;1-6-3-4-8-7(5-6)10(2)9(11)12-8;1-5-2-3-7-6(4-5)9-8(10)11-7;1-5-2-3-7(9)6(8)4-5;/h2-4,10H,5H2,1H3;2-4H,5,10H2,1H3;3-5H,1-2H3;2-4H,1H3,(H,9,10);2-4,9H,8H2,1H3;1H/q+1;;;;;. The van der Waals surface area contributed by atoms with Crippen LogP contribution in [0.15, 0.2) is 133 Å². The van der Waals surface area contributed by atoms with Gasteiger partial charge in [0, 0.05) is 27.7 Å². The maximum Gasteiger partial charge on any atom is 0.419 e. The van der Waals surface area contributed by atoms with Gasteiger partial charge in [0.1, 0.15) is 22.9 Å². The summed E-state index contributed by atoms with van der Waals surface area (Å²) in [5.74, 6) is -1.28. The highest BCUT2D eigenvalue weighted by Gasteiger charge is 2.08. The van der Waals surface area contributed by atoms with E-state index in [9.17, 15) is 19.2 Å². The minimum Gasteiger partial charge on any atom is -0.506 e. The summed E-state index contributed by atoms with van der Waals surface area (Å²) in [7, 11) is 5.02. The summed E-state index contributed by atoms with van der Waals surface area (Å²) in [4.78, 5) is 49.5. The number of nitrogens with two attached hydrogens (primary N) is 2. The molecule has 5 aromatic carbocycles. The van der Waals surface area contributed by atoms with Crippen molar-refractivity contribution in [1.29, 1.82) is 5.53 Å². The molecule has 9 rings (SSSR count). The van der Waals surface area contributed by atoms with Crippen LogP contribution in [0.4, 0.5) is 5.69 Å². The van der Waals surface area contributed by atoms with Gasteiger partial charge in [0.25, 0.3) is 0 Å². The topological polar surface area (TPSA) is 274 Å². The van der Waals surface area contributed by atoms with E-state index in [2.05, 4.69) is 15.0 Å². The minimum absolute atomic E-state index is 0. The number of hydrogen-bond donors (Lipinski definition) is 5. The Balaban J connectivity index is 0.000000169. The Labute approximate surface area is 351 Å². The first kappa shape index (κ1) is 46.0. The Bertz CT molecular complexity index is 3230. The number of halogens is 1. The molecule has 0 unspecified atom stereocenters. The number of fused-ring (bicyclic) bond motifs is 4. The van der Waals surface area contributed by atoms with E-state index in [4.69, 9.17) is 39.8 Å². The Morgan fingerprint density at radius 2 is 1.08 bits per heavy atom. The van der Waals surface area contributed by atoms with Gasteiger partial charge in [-0.05, 0) is 109 Å². The number of oxazole rings is 4. The SMILES string of the molecule is Cc1ccc(O)c(N)c1.Cc1ccc2oc(=O)[nH]c2c1.Cc1ccc2oc(=O)n(C)c2c1.Cl.Cn1c(=O)oc2ccc(CN)cc21.Cn1c(=O)oc2ccc(CN=[N+]=N)cc21. The van der Waals surface area contributed by atoms with Crippen LogP contribution < -0.4 is 39.4 Å². The molecule has 7 N–H and O–H groups in total. The first-order valence-corrected chi connectivity index (χ1v) is 18.2. The van der Waals surface area contributed by atoms with Gasteiger partial charge in [-0.15, -0.1) is 12.4 Å². The number of nitrogens with one attached hydrogen (secondary N) is 2. The molecular weight excluding hydrogens is 810 g/mol. The van der Waals surface area contributed by atoms with E-state index in [1.807, 2.05) is 69.3 Å². The maximum absolute atomic E-state index is 11.2. The number of aromatic amines is 1. The molecule has 0 spiro atoms. The molecule has 9 aromatic rings. The summed E-state index contributed by atoms with van der Waals surface area (Å²) in [6.45, 7) is 6.67. The Kier molecular flexibility index (Phi) is 15.4. The summed E-state index contributed by atoms with van der Waals surface area (Å²) in [6, 6.07) is 27.1. The average Bonchev–Trinajstić information content (AvgIpc) is 3.92. The molecule has 0 radical (unpaired) electrons. The van der Waals surface area contributed by atoms with Crippen LogP contribution in [0.2, 0.25) is 0 Å². The van der Waals surface area contributed by atoms with E-state index in [-0.39, 0.29) is 35.4 Å². The molecule has 18 nitrogen and oxygen atoms in total. The van der Waals surface area contributed by atoms with Gasteiger partial charge >= 0.3 is 23.0 Å². The van der Waals surface area contributed by atoms with Crippen molar-refractivity contribution in [1.82, 2.24) is 23.6 Å². The molecule has 0 aliphatic rings. The van der Waals surface area contributed by atoms with Crippen molar-refractivity contribution < 1.29 is 22.8 Å². The largest absolute Gasteiger partial charge is 0.506 e. The van der Waals surface area contributed by atoms with Crippen LogP contribution in [0.3, 0.4) is 0 Å². The zero-order valence-electron chi connectivity index (χ0n) is 34.1. The summed E-state index contributed by atoms with van der Waals surface area (Å²) in [5, 5.41) is 12.5. The lowest BCUT2D eigenvalue weighted by atomic mass is 10.2. The molecule has 4 heterocycles. The second kappa shape index (κ2) is 20.3. The van der Waals surface area contributed by atoms with Crippen LogP contribution in [0.25, 0.3) is 44.4 Å². The third-order valence-electron chi connectivity index (χ3n) is 8.98. The average molecular weight is 855 g/mol. The van der Waals surface area contributed by atoms with Gasteiger partial charge in [0.15, 0.2) is 22.3 Å². The smallest absolute Gasteiger partial charge is 0.419 e. The molecule has 4 aromatic heterocycles. The van der Waals surface area contributed by atoms with Crippen molar-refractivity contribution >= 4 is 62.5 Å². The predicted octanol–water partition coefficient (Wildman–Crippen LogP) is 6.35. The fourth-order valence-corrected chi connectivity index (χ4v) is 5.66. The molecule has 0 fully saturated rings. The van der Waals surface area contributed by atoms with E-state index < -0.39 is 5.76 Å². The summed E-state index contributed by atoms with van der Waals surface area (Å²) in [6.07, 6.45) is 0. The lowest BCUT2D eigenvalue weighted by Gasteiger charge is -1.97. The highest BCUT2D eigenvalue weighted by molar-refractivity contribution is 5.85. The van der Waals surface area contributed by atoms with E-state index in [1.165, 1.54) is 13.7 Å². The van der Waals surface area contributed by atoms with Crippen LogP contribution >= 0.6 is 12.4 Å². The quantitative estimate of drug-likeness (QED) is 0.0565. The predicted molar refractivity (Wildman–Crippen MR) is 234 cm³/mol. The Morgan fingerprint density at radius 3 is 1.59 bits per heavy atom. The van der Waals surface area contributed by atoms with Crippen LogP contribution in [-0.2, 0) is 34.2 Å². The third-order valence-corrected chi connectivity index (χ3v) is 8.98. The molecule has 318 valence electrons.